The third-order valence-corrected chi connectivity index (χ3v) is 4.63. The first-order valence-electron chi connectivity index (χ1n) is 6.74. The SMILES string of the molecule is CNC(=O)C(C)(C)CNS(=O)(=O)c1ccc(CCN)cc1. The standard InChI is InChI=1S/C14H23N3O3S/c1-14(2,13(18)16-3)10-17-21(19,20)12-6-4-11(5-7-12)8-9-15/h4-7,17H,8-10,15H2,1-3H3,(H,16,18). The molecular weight excluding hydrogens is 290 g/mol. The van der Waals surface area contributed by atoms with Crippen molar-refractivity contribution in [2.24, 2.45) is 11.1 Å². The molecule has 1 aromatic rings. The number of hydrogen-bond acceptors (Lipinski definition) is 4. The molecule has 0 heterocycles. The van der Waals surface area contributed by atoms with Gasteiger partial charge in [-0.15, -0.1) is 0 Å². The van der Waals surface area contributed by atoms with Crippen LogP contribution in [0.15, 0.2) is 29.2 Å². The lowest BCUT2D eigenvalue weighted by Gasteiger charge is -2.22. The van der Waals surface area contributed by atoms with Gasteiger partial charge >= 0.3 is 0 Å². The maximum absolute atomic E-state index is 12.2. The number of carbonyl (C=O) groups is 1. The van der Waals surface area contributed by atoms with E-state index in [9.17, 15) is 13.2 Å². The van der Waals surface area contributed by atoms with Gasteiger partial charge in [0.05, 0.1) is 10.3 Å². The lowest BCUT2D eigenvalue weighted by Crippen LogP contribution is -2.43. The molecule has 0 atom stereocenters. The highest BCUT2D eigenvalue weighted by molar-refractivity contribution is 7.89. The normalized spacial score (nSPS) is 12.2. The molecule has 0 bridgehead atoms. The van der Waals surface area contributed by atoms with E-state index in [4.69, 9.17) is 5.73 Å². The number of nitrogens with two attached hydrogens (primary N) is 1. The Kier molecular flexibility index (Phi) is 5.88. The number of benzene rings is 1. The average Bonchev–Trinajstić information content (AvgIpc) is 2.45. The van der Waals surface area contributed by atoms with E-state index < -0.39 is 15.4 Å². The molecule has 0 aliphatic carbocycles. The highest BCUT2D eigenvalue weighted by Gasteiger charge is 2.28. The van der Waals surface area contributed by atoms with E-state index in [-0.39, 0.29) is 17.3 Å². The topological polar surface area (TPSA) is 101 Å². The number of hydrogen-bond donors (Lipinski definition) is 3. The van der Waals surface area contributed by atoms with Crippen LogP contribution in [0.1, 0.15) is 19.4 Å². The number of amides is 1. The summed E-state index contributed by atoms with van der Waals surface area (Å²) >= 11 is 0. The molecule has 4 N–H and O–H groups in total. The van der Waals surface area contributed by atoms with Crippen molar-refractivity contribution in [3.8, 4) is 0 Å². The zero-order valence-corrected chi connectivity index (χ0v) is 13.5. The van der Waals surface area contributed by atoms with E-state index in [1.807, 2.05) is 0 Å². The maximum atomic E-state index is 12.2. The van der Waals surface area contributed by atoms with E-state index in [0.29, 0.717) is 13.0 Å². The molecule has 0 fully saturated rings. The highest BCUT2D eigenvalue weighted by atomic mass is 32.2. The predicted octanol–water partition coefficient (Wildman–Crippen LogP) is 0.238. The van der Waals surface area contributed by atoms with Crippen molar-refractivity contribution < 1.29 is 13.2 Å². The van der Waals surface area contributed by atoms with Gasteiger partial charge in [0.25, 0.3) is 0 Å². The van der Waals surface area contributed by atoms with Crippen LogP contribution < -0.4 is 15.8 Å². The molecule has 1 rings (SSSR count). The zero-order valence-electron chi connectivity index (χ0n) is 12.6. The Bertz CT molecular complexity index is 580. The second-order valence-electron chi connectivity index (χ2n) is 5.47. The third kappa shape index (κ3) is 4.80. The minimum absolute atomic E-state index is 0.0273. The van der Waals surface area contributed by atoms with Crippen molar-refractivity contribution in [3.63, 3.8) is 0 Å². The largest absolute Gasteiger partial charge is 0.359 e. The molecule has 0 saturated heterocycles. The van der Waals surface area contributed by atoms with Crippen LogP contribution in [-0.4, -0.2) is 34.5 Å². The van der Waals surface area contributed by atoms with Gasteiger partial charge in [-0.25, -0.2) is 13.1 Å². The van der Waals surface area contributed by atoms with Crippen molar-refractivity contribution in [1.82, 2.24) is 10.0 Å². The fourth-order valence-electron chi connectivity index (χ4n) is 1.78. The zero-order chi connectivity index (χ0) is 16.1. The number of carbonyl (C=O) groups excluding carboxylic acids is 1. The molecule has 6 nitrogen and oxygen atoms in total. The molecule has 0 radical (unpaired) electrons. The summed E-state index contributed by atoms with van der Waals surface area (Å²) in [6, 6.07) is 6.57. The first-order chi connectivity index (χ1) is 9.73. The lowest BCUT2D eigenvalue weighted by atomic mass is 9.93. The summed E-state index contributed by atoms with van der Waals surface area (Å²) in [5.74, 6) is -0.219. The molecular formula is C14H23N3O3S. The van der Waals surface area contributed by atoms with Crippen molar-refractivity contribution in [3.05, 3.63) is 29.8 Å². The summed E-state index contributed by atoms with van der Waals surface area (Å²) in [5, 5.41) is 2.52. The van der Waals surface area contributed by atoms with Crippen LogP contribution >= 0.6 is 0 Å². The Hall–Kier alpha value is -1.44. The van der Waals surface area contributed by atoms with E-state index in [0.717, 1.165) is 5.56 Å². The Morgan fingerprint density at radius 2 is 1.81 bits per heavy atom. The smallest absolute Gasteiger partial charge is 0.240 e. The van der Waals surface area contributed by atoms with Gasteiger partial charge in [-0.3, -0.25) is 4.79 Å². The summed E-state index contributed by atoms with van der Waals surface area (Å²) in [5.41, 5.74) is 5.62. The van der Waals surface area contributed by atoms with Gasteiger partial charge in [0, 0.05) is 13.6 Å². The first kappa shape index (κ1) is 17.6. The summed E-state index contributed by atoms with van der Waals surface area (Å²) in [7, 11) is -2.11. The van der Waals surface area contributed by atoms with Gasteiger partial charge < -0.3 is 11.1 Å². The summed E-state index contributed by atoms with van der Waals surface area (Å²) in [4.78, 5) is 11.8. The molecule has 0 unspecified atom stereocenters. The van der Waals surface area contributed by atoms with Crippen LogP contribution in [0, 0.1) is 5.41 Å². The van der Waals surface area contributed by atoms with Gasteiger partial charge in [0.1, 0.15) is 0 Å². The van der Waals surface area contributed by atoms with Gasteiger partial charge in [-0.1, -0.05) is 12.1 Å². The van der Waals surface area contributed by atoms with Crippen LogP contribution in [0.2, 0.25) is 0 Å². The van der Waals surface area contributed by atoms with Gasteiger partial charge in [0.15, 0.2) is 0 Å². The summed E-state index contributed by atoms with van der Waals surface area (Å²) in [6.45, 7) is 3.90. The average molecular weight is 313 g/mol. The predicted molar refractivity (Wildman–Crippen MR) is 82.2 cm³/mol. The molecule has 0 aromatic heterocycles. The lowest BCUT2D eigenvalue weighted by molar-refractivity contribution is -0.128. The van der Waals surface area contributed by atoms with Gasteiger partial charge in [-0.2, -0.15) is 0 Å². The van der Waals surface area contributed by atoms with Crippen molar-refractivity contribution >= 4 is 15.9 Å². The number of nitrogens with one attached hydrogen (secondary N) is 2. The Labute approximate surface area is 126 Å². The van der Waals surface area contributed by atoms with E-state index in [2.05, 4.69) is 10.0 Å². The van der Waals surface area contributed by atoms with Gasteiger partial charge in [-0.05, 0) is 44.5 Å². The Morgan fingerprint density at radius 1 is 1.24 bits per heavy atom. The molecule has 0 spiro atoms. The van der Waals surface area contributed by atoms with Crippen molar-refractivity contribution in [1.29, 1.82) is 0 Å². The molecule has 7 heteroatoms. The molecule has 0 aliphatic rings. The van der Waals surface area contributed by atoms with Crippen LogP contribution in [0.3, 0.4) is 0 Å². The van der Waals surface area contributed by atoms with Crippen molar-refractivity contribution in [2.45, 2.75) is 25.2 Å². The van der Waals surface area contributed by atoms with Crippen molar-refractivity contribution in [2.75, 3.05) is 20.1 Å². The Morgan fingerprint density at radius 3 is 2.29 bits per heavy atom. The van der Waals surface area contributed by atoms with Crippen LogP contribution in [0.5, 0.6) is 0 Å². The fraction of sp³-hybridized carbons (Fsp3) is 0.500. The van der Waals surface area contributed by atoms with Crippen LogP contribution in [0.4, 0.5) is 0 Å². The van der Waals surface area contributed by atoms with E-state index in [1.165, 1.54) is 7.05 Å². The van der Waals surface area contributed by atoms with Gasteiger partial charge in [0.2, 0.25) is 15.9 Å². The molecule has 1 amide bonds. The summed E-state index contributed by atoms with van der Waals surface area (Å²) in [6.07, 6.45) is 0.706. The minimum Gasteiger partial charge on any atom is -0.359 e. The first-order valence-corrected chi connectivity index (χ1v) is 8.22. The molecule has 1 aromatic carbocycles. The monoisotopic (exact) mass is 313 g/mol. The molecule has 0 aliphatic heterocycles. The number of rotatable bonds is 7. The fourth-order valence-corrected chi connectivity index (χ4v) is 2.99. The second-order valence-corrected chi connectivity index (χ2v) is 7.24. The molecule has 118 valence electrons. The highest BCUT2D eigenvalue weighted by Crippen LogP contribution is 2.16. The minimum atomic E-state index is -3.63. The maximum Gasteiger partial charge on any atom is 0.240 e. The second kappa shape index (κ2) is 7.02. The van der Waals surface area contributed by atoms with Crippen LogP contribution in [0.25, 0.3) is 0 Å². The van der Waals surface area contributed by atoms with E-state index in [1.54, 1.807) is 38.1 Å². The third-order valence-electron chi connectivity index (χ3n) is 3.21. The Balaban J connectivity index is 2.80. The van der Waals surface area contributed by atoms with E-state index >= 15 is 0 Å². The van der Waals surface area contributed by atoms with Crippen LogP contribution in [-0.2, 0) is 21.2 Å². The molecule has 21 heavy (non-hydrogen) atoms. The number of sulfonamides is 1. The summed E-state index contributed by atoms with van der Waals surface area (Å²) < 4.78 is 26.9. The quantitative estimate of drug-likeness (QED) is 0.671. The molecule has 0 saturated carbocycles.